The number of aromatic nitrogens is 2. The van der Waals surface area contributed by atoms with E-state index in [1.54, 1.807) is 6.92 Å². The molecule has 0 radical (unpaired) electrons. The number of ether oxygens (including phenoxy) is 1. The van der Waals surface area contributed by atoms with Crippen LogP contribution in [0.15, 0.2) is 24.3 Å². The molecular weight excluding hydrogens is 286 g/mol. The molecule has 0 saturated carbocycles. The van der Waals surface area contributed by atoms with Crippen LogP contribution >= 0.6 is 11.6 Å². The Bertz CT molecular complexity index is 665. The van der Waals surface area contributed by atoms with Crippen molar-refractivity contribution in [2.45, 2.75) is 6.92 Å². The summed E-state index contributed by atoms with van der Waals surface area (Å²) in [4.78, 5) is 18.4. The van der Waals surface area contributed by atoms with Gasteiger partial charge in [-0.1, -0.05) is 11.6 Å². The van der Waals surface area contributed by atoms with Gasteiger partial charge in [0.1, 0.15) is 11.6 Å². The van der Waals surface area contributed by atoms with E-state index in [2.05, 4.69) is 15.4 Å². The Balaban J connectivity index is 2.41. The third kappa shape index (κ3) is 3.11. The number of nitrogens with zero attached hydrogens (tertiary/aromatic N) is 3. The van der Waals surface area contributed by atoms with Gasteiger partial charge in [0.2, 0.25) is 11.6 Å². The maximum Gasteiger partial charge on any atom is 0.311 e. The number of anilines is 1. The quantitative estimate of drug-likeness (QED) is 0.505. The minimum atomic E-state index is -0.568. The normalized spacial score (nSPS) is 10.2. The largest absolute Gasteiger partial charge is 0.432 e. The van der Waals surface area contributed by atoms with E-state index in [0.717, 1.165) is 0 Å². The summed E-state index contributed by atoms with van der Waals surface area (Å²) < 4.78 is 5.40. The fourth-order valence-electron chi connectivity index (χ4n) is 1.50. The topological polar surface area (TPSA) is 116 Å². The van der Waals surface area contributed by atoms with Crippen molar-refractivity contribution in [1.29, 1.82) is 0 Å². The molecule has 0 aliphatic rings. The lowest BCUT2D eigenvalue weighted by Gasteiger charge is -2.08. The third-order valence-corrected chi connectivity index (χ3v) is 2.53. The molecule has 0 unspecified atom stereocenters. The molecule has 3 N–H and O–H groups in total. The summed E-state index contributed by atoms with van der Waals surface area (Å²) in [6.07, 6.45) is 0. The molecule has 0 saturated heterocycles. The minimum Gasteiger partial charge on any atom is -0.432 e. The average Bonchev–Trinajstić information content (AvgIpc) is 2.37. The Kier molecular flexibility index (Phi) is 3.97. The highest BCUT2D eigenvalue weighted by Crippen LogP contribution is 2.33. The molecule has 1 heterocycles. The van der Waals surface area contributed by atoms with Crippen LogP contribution < -0.4 is 16.0 Å². The van der Waals surface area contributed by atoms with Crippen molar-refractivity contribution >= 4 is 23.1 Å². The van der Waals surface area contributed by atoms with Crippen molar-refractivity contribution in [3.05, 3.63) is 45.2 Å². The lowest BCUT2D eigenvalue weighted by Crippen LogP contribution is -2.10. The van der Waals surface area contributed by atoms with E-state index in [0.29, 0.717) is 16.7 Å². The highest BCUT2D eigenvalue weighted by Gasteiger charge is 2.17. The first-order valence-corrected chi connectivity index (χ1v) is 5.81. The van der Waals surface area contributed by atoms with E-state index < -0.39 is 4.92 Å². The van der Waals surface area contributed by atoms with Crippen molar-refractivity contribution in [3.63, 3.8) is 0 Å². The number of nitro groups is 1. The van der Waals surface area contributed by atoms with Crippen LogP contribution in [-0.4, -0.2) is 14.9 Å². The molecule has 0 aliphatic heterocycles. The second-order valence-electron chi connectivity index (χ2n) is 3.75. The van der Waals surface area contributed by atoms with Crippen LogP contribution in [0.2, 0.25) is 5.02 Å². The summed E-state index contributed by atoms with van der Waals surface area (Å²) in [6, 6.07) is 5.42. The molecule has 20 heavy (non-hydrogen) atoms. The van der Waals surface area contributed by atoms with Gasteiger partial charge in [-0.2, -0.15) is 4.98 Å². The molecule has 2 aromatic rings. The predicted octanol–water partition coefficient (Wildman–Crippen LogP) is 2.42. The maximum absolute atomic E-state index is 10.9. The van der Waals surface area contributed by atoms with Gasteiger partial charge in [0.15, 0.2) is 0 Å². The Hall–Kier alpha value is -2.45. The number of aryl methyl sites for hydroxylation is 1. The summed E-state index contributed by atoms with van der Waals surface area (Å²) in [6.45, 7) is 1.64. The highest BCUT2D eigenvalue weighted by molar-refractivity contribution is 6.30. The average molecular weight is 296 g/mol. The number of rotatable bonds is 4. The lowest BCUT2D eigenvalue weighted by atomic mass is 10.3. The van der Waals surface area contributed by atoms with Gasteiger partial charge in [-0.3, -0.25) is 10.1 Å². The standard InChI is InChI=1S/C11H10ClN5O3/c1-6-14-10(16-13)5-11(15-6)20-9-4-7(12)2-3-8(9)17(18)19/h2-5H,13H2,1H3,(H,14,15,16). The number of nitrogen functional groups attached to an aromatic ring is 1. The SMILES string of the molecule is Cc1nc(NN)cc(Oc2cc(Cl)ccc2[N+](=O)[O-])n1. The molecule has 2 rings (SSSR count). The fraction of sp³-hybridized carbons (Fsp3) is 0.0909. The molecule has 0 fully saturated rings. The van der Waals surface area contributed by atoms with Gasteiger partial charge < -0.3 is 10.2 Å². The first-order valence-electron chi connectivity index (χ1n) is 5.43. The van der Waals surface area contributed by atoms with Crippen molar-refractivity contribution in [3.8, 4) is 11.6 Å². The number of benzene rings is 1. The summed E-state index contributed by atoms with van der Waals surface area (Å²) in [5.41, 5.74) is 2.14. The van der Waals surface area contributed by atoms with Crippen LogP contribution in [0.3, 0.4) is 0 Å². The lowest BCUT2D eigenvalue weighted by molar-refractivity contribution is -0.385. The van der Waals surface area contributed by atoms with E-state index in [4.69, 9.17) is 22.2 Å². The number of hydrogen-bond donors (Lipinski definition) is 2. The van der Waals surface area contributed by atoms with Crippen LogP contribution in [0, 0.1) is 17.0 Å². The van der Waals surface area contributed by atoms with E-state index >= 15 is 0 Å². The molecule has 0 spiro atoms. The van der Waals surface area contributed by atoms with Gasteiger partial charge in [-0.05, 0) is 13.0 Å². The Labute approximate surface area is 118 Å². The number of nitro benzene ring substituents is 1. The number of hydrogen-bond acceptors (Lipinski definition) is 7. The van der Waals surface area contributed by atoms with Gasteiger partial charge >= 0.3 is 5.69 Å². The van der Waals surface area contributed by atoms with Gasteiger partial charge in [-0.25, -0.2) is 10.8 Å². The van der Waals surface area contributed by atoms with Crippen molar-refractivity contribution < 1.29 is 9.66 Å². The zero-order valence-electron chi connectivity index (χ0n) is 10.3. The molecule has 0 aliphatic carbocycles. The molecule has 104 valence electrons. The molecule has 9 heteroatoms. The second kappa shape index (κ2) is 5.68. The summed E-state index contributed by atoms with van der Waals surface area (Å²) >= 11 is 5.81. The van der Waals surface area contributed by atoms with Gasteiger partial charge in [0.05, 0.1) is 4.92 Å². The minimum absolute atomic E-state index is 0.0106. The zero-order valence-corrected chi connectivity index (χ0v) is 11.1. The third-order valence-electron chi connectivity index (χ3n) is 2.30. The predicted molar refractivity (Wildman–Crippen MR) is 72.8 cm³/mol. The number of hydrazine groups is 1. The van der Waals surface area contributed by atoms with Crippen LogP contribution in [0.1, 0.15) is 5.82 Å². The Morgan fingerprint density at radius 1 is 1.40 bits per heavy atom. The summed E-state index contributed by atoms with van der Waals surface area (Å²) in [5.74, 6) is 6.10. The maximum atomic E-state index is 10.9. The molecular formula is C11H10ClN5O3. The summed E-state index contributed by atoms with van der Waals surface area (Å²) in [5, 5.41) is 11.2. The van der Waals surface area contributed by atoms with Gasteiger partial charge in [0, 0.05) is 23.2 Å². The molecule has 0 amide bonds. The van der Waals surface area contributed by atoms with E-state index in [9.17, 15) is 10.1 Å². The van der Waals surface area contributed by atoms with Gasteiger partial charge in [0.25, 0.3) is 0 Å². The van der Waals surface area contributed by atoms with Crippen molar-refractivity contribution in [1.82, 2.24) is 9.97 Å². The van der Waals surface area contributed by atoms with Gasteiger partial charge in [-0.15, -0.1) is 0 Å². The highest BCUT2D eigenvalue weighted by atomic mass is 35.5. The molecule has 1 aromatic carbocycles. The van der Waals surface area contributed by atoms with E-state index in [1.807, 2.05) is 0 Å². The zero-order chi connectivity index (χ0) is 14.7. The van der Waals surface area contributed by atoms with E-state index in [1.165, 1.54) is 24.3 Å². The van der Waals surface area contributed by atoms with E-state index in [-0.39, 0.29) is 17.3 Å². The van der Waals surface area contributed by atoms with Crippen LogP contribution in [0.25, 0.3) is 0 Å². The number of nitrogens with two attached hydrogens (primary N) is 1. The monoisotopic (exact) mass is 295 g/mol. The Morgan fingerprint density at radius 3 is 2.80 bits per heavy atom. The Morgan fingerprint density at radius 2 is 2.15 bits per heavy atom. The molecule has 1 aromatic heterocycles. The fourth-order valence-corrected chi connectivity index (χ4v) is 1.66. The number of halogens is 1. The summed E-state index contributed by atoms with van der Waals surface area (Å²) in [7, 11) is 0. The van der Waals surface area contributed by atoms with Crippen LogP contribution in [0.5, 0.6) is 11.6 Å². The first-order chi connectivity index (χ1) is 9.49. The van der Waals surface area contributed by atoms with Crippen LogP contribution in [0.4, 0.5) is 11.5 Å². The number of nitrogens with one attached hydrogen (secondary N) is 1. The second-order valence-corrected chi connectivity index (χ2v) is 4.19. The molecule has 0 bridgehead atoms. The van der Waals surface area contributed by atoms with Crippen molar-refractivity contribution in [2.75, 3.05) is 5.43 Å². The smallest absolute Gasteiger partial charge is 0.311 e. The molecule has 0 atom stereocenters. The molecule has 8 nitrogen and oxygen atoms in total. The first kappa shape index (κ1) is 14.0. The van der Waals surface area contributed by atoms with Crippen molar-refractivity contribution in [2.24, 2.45) is 5.84 Å². The van der Waals surface area contributed by atoms with Crippen LogP contribution in [-0.2, 0) is 0 Å².